The van der Waals surface area contributed by atoms with Crippen molar-refractivity contribution in [3.05, 3.63) is 17.7 Å². The van der Waals surface area contributed by atoms with Gasteiger partial charge in [-0.2, -0.15) is 0 Å². The van der Waals surface area contributed by atoms with E-state index in [1.165, 1.54) is 83.5 Å². The predicted molar refractivity (Wildman–Crippen MR) is 148 cm³/mol. The lowest BCUT2D eigenvalue weighted by Gasteiger charge is -2.15. The minimum atomic E-state index is -0.356. The molecule has 0 aliphatic carbocycles. The number of amides is 1. The summed E-state index contributed by atoms with van der Waals surface area (Å²) < 4.78 is 16.2. The molecule has 7 heteroatoms. The Morgan fingerprint density at radius 3 is 1.81 bits per heavy atom. The average molecular weight is 504 g/mol. The van der Waals surface area contributed by atoms with Crippen molar-refractivity contribution < 1.29 is 19.0 Å². The molecule has 2 N–H and O–H groups in total. The zero-order valence-corrected chi connectivity index (χ0v) is 23.1. The van der Waals surface area contributed by atoms with Gasteiger partial charge in [-0.1, -0.05) is 90.4 Å². The van der Waals surface area contributed by atoms with Crippen molar-refractivity contribution in [2.45, 2.75) is 103 Å². The molecule has 36 heavy (non-hydrogen) atoms. The lowest BCUT2D eigenvalue weighted by molar-refractivity contribution is -0.122. The van der Waals surface area contributed by atoms with E-state index in [1.54, 1.807) is 21.3 Å². The SMILES string of the molecule is CCCCCCCCCCCCCCCCNC(=O)[C@@H]1CN=C(c2cc(OC)c(OC)c(OC)c2)N1. The molecule has 0 saturated heterocycles. The van der Waals surface area contributed by atoms with E-state index in [9.17, 15) is 4.79 Å². The minimum absolute atomic E-state index is 0.00381. The summed E-state index contributed by atoms with van der Waals surface area (Å²) in [7, 11) is 4.74. The highest BCUT2D eigenvalue weighted by Gasteiger charge is 2.26. The molecule has 0 spiro atoms. The topological polar surface area (TPSA) is 81.2 Å². The van der Waals surface area contributed by atoms with Gasteiger partial charge in [0.25, 0.3) is 0 Å². The highest BCUT2D eigenvalue weighted by Crippen LogP contribution is 2.38. The smallest absolute Gasteiger partial charge is 0.244 e. The van der Waals surface area contributed by atoms with Gasteiger partial charge in [0.1, 0.15) is 11.9 Å². The molecule has 1 aliphatic heterocycles. The number of benzene rings is 1. The molecule has 0 unspecified atom stereocenters. The second-order valence-corrected chi connectivity index (χ2v) is 9.69. The summed E-state index contributed by atoms with van der Waals surface area (Å²) >= 11 is 0. The van der Waals surface area contributed by atoms with Gasteiger partial charge in [0.2, 0.25) is 11.7 Å². The number of unbranched alkanes of at least 4 members (excludes halogenated alkanes) is 13. The number of hydrogen-bond acceptors (Lipinski definition) is 6. The Labute approximate surface area is 218 Å². The molecule has 0 fully saturated rings. The van der Waals surface area contributed by atoms with Crippen molar-refractivity contribution in [2.24, 2.45) is 4.99 Å². The number of nitrogens with zero attached hydrogens (tertiary/aromatic N) is 1. The van der Waals surface area contributed by atoms with Crippen LogP contribution in [0.15, 0.2) is 17.1 Å². The van der Waals surface area contributed by atoms with Gasteiger partial charge in [0.15, 0.2) is 11.5 Å². The van der Waals surface area contributed by atoms with Crippen molar-refractivity contribution in [3.63, 3.8) is 0 Å². The van der Waals surface area contributed by atoms with Gasteiger partial charge < -0.3 is 24.8 Å². The van der Waals surface area contributed by atoms with E-state index in [0.29, 0.717) is 36.2 Å². The number of nitrogens with one attached hydrogen (secondary N) is 2. The molecule has 2 rings (SSSR count). The van der Waals surface area contributed by atoms with Gasteiger partial charge in [-0.3, -0.25) is 9.79 Å². The summed E-state index contributed by atoms with van der Waals surface area (Å²) in [5, 5.41) is 6.29. The standard InChI is InChI=1S/C29H49N3O4/c1-5-6-7-8-9-10-11-12-13-14-15-16-17-18-19-30-29(33)24-22-31-28(32-24)23-20-25(34-2)27(36-4)26(21-23)35-3/h20-21,24H,5-19,22H2,1-4H3,(H,30,33)(H,31,32)/t24-/m0/s1. The van der Waals surface area contributed by atoms with Crippen molar-refractivity contribution in [1.29, 1.82) is 0 Å². The number of ether oxygens (including phenoxy) is 3. The summed E-state index contributed by atoms with van der Waals surface area (Å²) in [6.07, 6.45) is 18.6. The monoisotopic (exact) mass is 503 g/mol. The fourth-order valence-corrected chi connectivity index (χ4v) is 4.63. The molecule has 1 aliphatic rings. The lowest BCUT2D eigenvalue weighted by atomic mass is 10.0. The number of hydrogen-bond donors (Lipinski definition) is 2. The van der Waals surface area contributed by atoms with E-state index >= 15 is 0 Å². The van der Waals surface area contributed by atoms with E-state index in [1.807, 2.05) is 12.1 Å². The molecular formula is C29H49N3O4. The van der Waals surface area contributed by atoms with Gasteiger partial charge in [0, 0.05) is 12.1 Å². The van der Waals surface area contributed by atoms with Crippen LogP contribution in [0.2, 0.25) is 0 Å². The van der Waals surface area contributed by atoms with Crippen molar-refractivity contribution in [3.8, 4) is 17.2 Å². The zero-order chi connectivity index (χ0) is 26.0. The highest BCUT2D eigenvalue weighted by atomic mass is 16.5. The van der Waals surface area contributed by atoms with E-state index in [-0.39, 0.29) is 11.9 Å². The van der Waals surface area contributed by atoms with Crippen molar-refractivity contribution in [1.82, 2.24) is 10.6 Å². The molecule has 204 valence electrons. The normalized spacial score (nSPS) is 14.8. The maximum absolute atomic E-state index is 12.6. The molecule has 7 nitrogen and oxygen atoms in total. The molecule has 0 bridgehead atoms. The first-order valence-corrected chi connectivity index (χ1v) is 14.0. The third-order valence-corrected chi connectivity index (χ3v) is 6.83. The van der Waals surface area contributed by atoms with E-state index < -0.39 is 0 Å². The third-order valence-electron chi connectivity index (χ3n) is 6.83. The van der Waals surface area contributed by atoms with Crippen LogP contribution in [-0.2, 0) is 4.79 Å². The number of methoxy groups -OCH3 is 3. The quantitative estimate of drug-likeness (QED) is 0.212. The number of rotatable bonds is 20. The van der Waals surface area contributed by atoms with Gasteiger partial charge in [-0.15, -0.1) is 0 Å². The minimum Gasteiger partial charge on any atom is -0.493 e. The molecule has 1 amide bonds. The van der Waals surface area contributed by atoms with E-state index in [4.69, 9.17) is 14.2 Å². The predicted octanol–water partition coefficient (Wildman–Crippen LogP) is 6.03. The Morgan fingerprint density at radius 1 is 0.833 bits per heavy atom. The Kier molecular flexibility index (Phi) is 14.8. The largest absolute Gasteiger partial charge is 0.493 e. The van der Waals surface area contributed by atoms with Crippen LogP contribution < -0.4 is 24.8 Å². The van der Waals surface area contributed by atoms with Gasteiger partial charge in [0.05, 0.1) is 27.9 Å². The summed E-state index contributed by atoms with van der Waals surface area (Å²) in [5.41, 5.74) is 0.798. The Morgan fingerprint density at radius 2 is 1.33 bits per heavy atom. The maximum atomic E-state index is 12.6. The summed E-state index contributed by atoms with van der Waals surface area (Å²) in [6, 6.07) is 3.32. The maximum Gasteiger partial charge on any atom is 0.244 e. The first-order valence-electron chi connectivity index (χ1n) is 14.0. The second kappa shape index (κ2) is 17.9. The van der Waals surface area contributed by atoms with Crippen LogP contribution >= 0.6 is 0 Å². The molecule has 1 heterocycles. The van der Waals surface area contributed by atoms with Crippen LogP contribution in [0.5, 0.6) is 17.2 Å². The number of amidine groups is 1. The molecule has 1 aromatic carbocycles. The van der Waals surface area contributed by atoms with Crippen LogP contribution in [0.4, 0.5) is 0 Å². The summed E-state index contributed by atoms with van der Waals surface area (Å²) in [4.78, 5) is 17.1. The third kappa shape index (κ3) is 10.3. The molecule has 1 aromatic rings. The number of carbonyl (C=O) groups excluding carboxylic acids is 1. The average Bonchev–Trinajstić information content (AvgIpc) is 3.40. The van der Waals surface area contributed by atoms with Crippen LogP contribution in [0.25, 0.3) is 0 Å². The van der Waals surface area contributed by atoms with Crippen molar-refractivity contribution in [2.75, 3.05) is 34.4 Å². The van der Waals surface area contributed by atoms with Crippen LogP contribution in [0.3, 0.4) is 0 Å². The first kappa shape index (κ1) is 29.8. The molecule has 1 atom stereocenters. The van der Waals surface area contributed by atoms with Gasteiger partial charge in [-0.05, 0) is 18.6 Å². The van der Waals surface area contributed by atoms with Crippen molar-refractivity contribution >= 4 is 11.7 Å². The fraction of sp³-hybridized carbons (Fsp3) is 0.724. The Hall–Kier alpha value is -2.44. The first-order chi connectivity index (χ1) is 17.6. The molecular weight excluding hydrogens is 454 g/mol. The van der Waals surface area contributed by atoms with E-state index in [0.717, 1.165) is 12.0 Å². The Balaban J connectivity index is 1.54. The lowest BCUT2D eigenvalue weighted by Crippen LogP contribution is -2.45. The second-order valence-electron chi connectivity index (χ2n) is 9.69. The van der Waals surface area contributed by atoms with Crippen LogP contribution in [-0.4, -0.2) is 52.2 Å². The van der Waals surface area contributed by atoms with Crippen LogP contribution in [0.1, 0.15) is 102 Å². The van der Waals surface area contributed by atoms with Crippen LogP contribution in [0, 0.1) is 0 Å². The summed E-state index contributed by atoms with van der Waals surface area (Å²) in [6.45, 7) is 3.40. The van der Waals surface area contributed by atoms with E-state index in [2.05, 4.69) is 22.5 Å². The zero-order valence-electron chi connectivity index (χ0n) is 23.1. The number of carbonyl (C=O) groups is 1. The molecule has 0 radical (unpaired) electrons. The number of aliphatic imine (C=N–C) groups is 1. The van der Waals surface area contributed by atoms with Gasteiger partial charge in [-0.25, -0.2) is 0 Å². The summed E-state index contributed by atoms with van der Waals surface area (Å²) in [5.74, 6) is 2.30. The fourth-order valence-electron chi connectivity index (χ4n) is 4.63. The Bertz CT molecular complexity index is 772. The molecule has 0 saturated carbocycles. The highest BCUT2D eigenvalue weighted by molar-refractivity contribution is 6.04. The van der Waals surface area contributed by atoms with Gasteiger partial charge >= 0.3 is 0 Å². The molecule has 0 aromatic heterocycles.